The van der Waals surface area contributed by atoms with Crippen molar-refractivity contribution in [3.8, 4) is 0 Å². The molecular formula is C22H36O. The molecule has 0 aliphatic heterocycles. The normalized spacial score (nSPS) is 49.1. The predicted molar refractivity (Wildman–Crippen MR) is 96.1 cm³/mol. The smallest absolute Gasteiger partial charge is 0.0723 e. The fourth-order valence-electron chi connectivity index (χ4n) is 7.35. The fraction of sp³-hybridized carbons (Fsp3) is 0.909. The Balaban J connectivity index is 1.53. The van der Waals surface area contributed by atoms with Gasteiger partial charge in [-0.15, -0.1) is 0 Å². The minimum absolute atomic E-state index is 0.142. The number of aliphatic hydroxyl groups is 1. The summed E-state index contributed by atoms with van der Waals surface area (Å²) in [7, 11) is 0. The average molecular weight is 317 g/mol. The summed E-state index contributed by atoms with van der Waals surface area (Å²) >= 11 is 0. The number of rotatable bonds is 3. The lowest BCUT2D eigenvalue weighted by Crippen LogP contribution is -2.46. The molecule has 0 spiro atoms. The van der Waals surface area contributed by atoms with E-state index in [1.807, 2.05) is 0 Å². The molecule has 0 aromatic carbocycles. The number of hydrogen-bond donors (Lipinski definition) is 1. The molecule has 3 unspecified atom stereocenters. The van der Waals surface area contributed by atoms with Gasteiger partial charge in [0.05, 0.1) is 6.10 Å². The molecule has 3 saturated carbocycles. The summed E-state index contributed by atoms with van der Waals surface area (Å²) in [6.07, 6.45) is 17.3. The van der Waals surface area contributed by atoms with Gasteiger partial charge in [-0.1, -0.05) is 38.3 Å². The van der Waals surface area contributed by atoms with Gasteiger partial charge in [0.25, 0.3) is 0 Å². The molecule has 0 heterocycles. The largest absolute Gasteiger partial charge is 0.389 e. The Bertz CT molecular complexity index is 467. The second-order valence-electron chi connectivity index (χ2n) is 9.43. The van der Waals surface area contributed by atoms with Gasteiger partial charge >= 0.3 is 0 Å². The van der Waals surface area contributed by atoms with E-state index in [0.29, 0.717) is 5.41 Å². The summed E-state index contributed by atoms with van der Waals surface area (Å²) in [5.41, 5.74) is 2.29. The molecule has 0 aromatic heterocycles. The van der Waals surface area contributed by atoms with Gasteiger partial charge in [-0.2, -0.15) is 0 Å². The average Bonchev–Trinajstić information content (AvgIpc) is 2.89. The van der Waals surface area contributed by atoms with Crippen LogP contribution in [0.2, 0.25) is 0 Å². The van der Waals surface area contributed by atoms with Crippen LogP contribution in [-0.4, -0.2) is 11.2 Å². The van der Waals surface area contributed by atoms with E-state index in [0.717, 1.165) is 36.0 Å². The van der Waals surface area contributed by atoms with Crippen LogP contribution < -0.4 is 0 Å². The molecular weight excluding hydrogens is 280 g/mol. The maximum atomic E-state index is 9.98. The summed E-state index contributed by atoms with van der Waals surface area (Å²) in [6, 6.07) is 0. The first-order valence-corrected chi connectivity index (χ1v) is 10.5. The van der Waals surface area contributed by atoms with Gasteiger partial charge in [0.1, 0.15) is 0 Å². The van der Waals surface area contributed by atoms with E-state index >= 15 is 0 Å². The van der Waals surface area contributed by atoms with Crippen molar-refractivity contribution in [2.24, 2.45) is 35.0 Å². The Labute approximate surface area is 142 Å². The molecule has 0 amide bonds. The van der Waals surface area contributed by atoms with Crippen molar-refractivity contribution in [3.05, 3.63) is 11.6 Å². The highest BCUT2D eigenvalue weighted by atomic mass is 16.3. The molecule has 130 valence electrons. The monoisotopic (exact) mass is 316 g/mol. The van der Waals surface area contributed by atoms with Gasteiger partial charge in [-0.05, 0) is 92.8 Å². The summed E-state index contributed by atoms with van der Waals surface area (Å²) < 4.78 is 0. The third kappa shape index (κ3) is 2.62. The van der Waals surface area contributed by atoms with Gasteiger partial charge in [-0.3, -0.25) is 0 Å². The summed E-state index contributed by atoms with van der Waals surface area (Å²) in [6.45, 7) is 5.01. The lowest BCUT2D eigenvalue weighted by atomic mass is 9.51. The zero-order valence-electron chi connectivity index (χ0n) is 15.3. The quantitative estimate of drug-likeness (QED) is 0.660. The van der Waals surface area contributed by atoms with Crippen molar-refractivity contribution in [1.82, 2.24) is 0 Å². The van der Waals surface area contributed by atoms with Crippen molar-refractivity contribution in [1.29, 1.82) is 0 Å². The van der Waals surface area contributed by atoms with Crippen LogP contribution in [0.3, 0.4) is 0 Å². The Kier molecular flexibility index (Phi) is 4.37. The standard InChI is InChI=1S/C22H36O/c1-3-4-5-16-7-11-21-20-9-6-15-14-17(23)8-10-18(15)19(20)12-13-22(16,21)2/h14,16-21,23H,3-13H2,1-2H3/t16-,17-,18-,19?,20?,21?,22+/m0/s1. The summed E-state index contributed by atoms with van der Waals surface area (Å²) in [4.78, 5) is 0. The molecule has 0 aromatic rings. The van der Waals surface area contributed by atoms with Crippen LogP contribution in [0.5, 0.6) is 0 Å². The van der Waals surface area contributed by atoms with Gasteiger partial charge in [-0.25, -0.2) is 0 Å². The number of aliphatic hydroxyl groups excluding tert-OH is 1. The first kappa shape index (κ1) is 16.2. The van der Waals surface area contributed by atoms with Crippen LogP contribution in [0.4, 0.5) is 0 Å². The van der Waals surface area contributed by atoms with Crippen molar-refractivity contribution in [3.63, 3.8) is 0 Å². The van der Waals surface area contributed by atoms with E-state index in [1.165, 1.54) is 64.2 Å². The minimum atomic E-state index is -0.142. The first-order valence-electron chi connectivity index (χ1n) is 10.5. The molecule has 1 heteroatoms. The van der Waals surface area contributed by atoms with Gasteiger partial charge < -0.3 is 5.11 Å². The second-order valence-corrected chi connectivity index (χ2v) is 9.43. The predicted octanol–water partition coefficient (Wildman–Crippen LogP) is 5.73. The van der Waals surface area contributed by atoms with Crippen LogP contribution in [0, 0.1) is 35.0 Å². The molecule has 4 rings (SSSR count). The molecule has 1 N–H and O–H groups in total. The van der Waals surface area contributed by atoms with E-state index in [2.05, 4.69) is 19.9 Å². The number of hydrogen-bond acceptors (Lipinski definition) is 1. The number of fused-ring (bicyclic) bond motifs is 5. The maximum absolute atomic E-state index is 9.98. The molecule has 23 heavy (non-hydrogen) atoms. The SMILES string of the molecule is CCCC[C@H]1CCC2C3CCC4=C[C@@H](O)CC[C@@H]4C3CC[C@@]21C. The Morgan fingerprint density at radius 2 is 1.96 bits per heavy atom. The topological polar surface area (TPSA) is 20.2 Å². The Morgan fingerprint density at radius 1 is 1.09 bits per heavy atom. The zero-order valence-corrected chi connectivity index (χ0v) is 15.3. The lowest BCUT2D eigenvalue weighted by Gasteiger charge is -2.54. The second kappa shape index (κ2) is 6.21. The third-order valence-corrected chi connectivity index (χ3v) is 8.53. The highest BCUT2D eigenvalue weighted by Gasteiger charge is 2.55. The fourth-order valence-corrected chi connectivity index (χ4v) is 7.35. The molecule has 0 radical (unpaired) electrons. The number of unbranched alkanes of at least 4 members (excludes halogenated alkanes) is 1. The van der Waals surface area contributed by atoms with E-state index < -0.39 is 0 Å². The lowest BCUT2D eigenvalue weighted by molar-refractivity contribution is -0.0261. The van der Waals surface area contributed by atoms with Crippen molar-refractivity contribution < 1.29 is 5.11 Å². The van der Waals surface area contributed by atoms with Crippen molar-refractivity contribution in [2.45, 2.75) is 90.6 Å². The first-order chi connectivity index (χ1) is 11.1. The highest BCUT2D eigenvalue weighted by Crippen LogP contribution is 2.64. The van der Waals surface area contributed by atoms with E-state index in [4.69, 9.17) is 0 Å². The molecule has 4 aliphatic carbocycles. The van der Waals surface area contributed by atoms with Gasteiger partial charge in [0.15, 0.2) is 0 Å². The van der Waals surface area contributed by atoms with Crippen molar-refractivity contribution >= 4 is 0 Å². The van der Waals surface area contributed by atoms with E-state index in [9.17, 15) is 5.11 Å². The minimum Gasteiger partial charge on any atom is -0.389 e. The van der Waals surface area contributed by atoms with Crippen LogP contribution >= 0.6 is 0 Å². The van der Waals surface area contributed by atoms with Crippen LogP contribution in [0.1, 0.15) is 84.5 Å². The maximum Gasteiger partial charge on any atom is 0.0723 e. The molecule has 4 aliphatic rings. The van der Waals surface area contributed by atoms with Gasteiger partial charge in [0.2, 0.25) is 0 Å². The summed E-state index contributed by atoms with van der Waals surface area (Å²) in [5.74, 6) is 4.80. The van der Waals surface area contributed by atoms with Crippen LogP contribution in [0.15, 0.2) is 11.6 Å². The molecule has 7 atom stereocenters. The highest BCUT2D eigenvalue weighted by molar-refractivity contribution is 5.20. The zero-order chi connectivity index (χ0) is 16.0. The molecule has 0 bridgehead atoms. The molecule has 3 fully saturated rings. The van der Waals surface area contributed by atoms with Crippen molar-refractivity contribution in [2.75, 3.05) is 0 Å². The van der Waals surface area contributed by atoms with Crippen LogP contribution in [0.25, 0.3) is 0 Å². The summed E-state index contributed by atoms with van der Waals surface area (Å²) in [5, 5.41) is 9.98. The number of allylic oxidation sites excluding steroid dienone is 1. The molecule has 1 nitrogen and oxygen atoms in total. The Hall–Kier alpha value is -0.300. The Morgan fingerprint density at radius 3 is 2.78 bits per heavy atom. The van der Waals surface area contributed by atoms with E-state index in [-0.39, 0.29) is 6.10 Å². The molecule has 0 saturated heterocycles. The third-order valence-electron chi connectivity index (χ3n) is 8.53. The van der Waals surface area contributed by atoms with Crippen LogP contribution in [-0.2, 0) is 0 Å². The van der Waals surface area contributed by atoms with Gasteiger partial charge in [0, 0.05) is 0 Å². The van der Waals surface area contributed by atoms with E-state index in [1.54, 1.807) is 5.57 Å².